The molecule has 0 aromatic carbocycles. The molecule has 0 aliphatic rings. The van der Waals surface area contributed by atoms with Gasteiger partial charge in [-0.2, -0.15) is 0 Å². The maximum absolute atomic E-state index is 5.97. The molecule has 0 amide bonds. The Balaban J connectivity index is 2.88. The number of unbranched alkanes of at least 4 members (excludes halogenated alkanes) is 2. The summed E-state index contributed by atoms with van der Waals surface area (Å²) in [6.45, 7) is 4.40. The van der Waals surface area contributed by atoms with Crippen LogP contribution in [0.15, 0.2) is 0 Å². The van der Waals surface area contributed by atoms with Crippen LogP contribution in [0.2, 0.25) is 0 Å². The van der Waals surface area contributed by atoms with Gasteiger partial charge in [0.15, 0.2) is 0 Å². The van der Waals surface area contributed by atoms with Gasteiger partial charge in [-0.25, -0.2) is 0 Å². The summed E-state index contributed by atoms with van der Waals surface area (Å²) < 4.78 is 0. The molecule has 0 aliphatic heterocycles. The molecule has 9 heavy (non-hydrogen) atoms. The van der Waals surface area contributed by atoms with Gasteiger partial charge < -0.3 is 0 Å². The van der Waals surface area contributed by atoms with Crippen molar-refractivity contribution in [1.29, 1.82) is 0 Å². The molecule has 0 bridgehead atoms. The number of hydrogen-bond acceptors (Lipinski definition) is 0. The molecule has 0 nitrogen and oxygen atoms in total. The molecular formula is C7H16ClP. The quantitative estimate of drug-likeness (QED) is 0.430. The van der Waals surface area contributed by atoms with E-state index in [-0.39, 0.29) is 7.27 Å². The van der Waals surface area contributed by atoms with E-state index in [1.54, 1.807) is 0 Å². The molecule has 0 saturated heterocycles. The minimum atomic E-state index is -0.118. The van der Waals surface area contributed by atoms with Crippen LogP contribution in [0.25, 0.3) is 0 Å². The van der Waals surface area contributed by atoms with Gasteiger partial charge in [0.2, 0.25) is 0 Å². The Bertz CT molecular complexity index is 56.9. The molecule has 0 N–H and O–H groups in total. The van der Waals surface area contributed by atoms with Crippen molar-refractivity contribution < 1.29 is 0 Å². The average Bonchev–Trinajstić information content (AvgIpc) is 1.89. The molecule has 0 heterocycles. The van der Waals surface area contributed by atoms with E-state index in [2.05, 4.69) is 13.8 Å². The molecule has 0 aliphatic carbocycles. The highest BCUT2D eigenvalue weighted by atomic mass is 35.7. The van der Waals surface area contributed by atoms with Crippen LogP contribution in [0, 0.1) is 0 Å². The first-order valence-electron chi connectivity index (χ1n) is 3.72. The summed E-state index contributed by atoms with van der Waals surface area (Å²) in [5.41, 5.74) is 0. The van der Waals surface area contributed by atoms with Gasteiger partial charge in [-0.05, 0) is 26.0 Å². The van der Waals surface area contributed by atoms with Crippen molar-refractivity contribution in [2.24, 2.45) is 0 Å². The maximum atomic E-state index is 5.97. The lowest BCUT2D eigenvalue weighted by Crippen LogP contribution is -1.81. The SMILES string of the molecule is CCCCCP(Cl)CC. The summed E-state index contributed by atoms with van der Waals surface area (Å²) in [6.07, 6.45) is 6.44. The van der Waals surface area contributed by atoms with Crippen molar-refractivity contribution in [3.8, 4) is 0 Å². The Morgan fingerprint density at radius 3 is 2.33 bits per heavy atom. The van der Waals surface area contributed by atoms with E-state index in [4.69, 9.17) is 11.2 Å². The standard InChI is InChI=1S/C7H16ClP/c1-3-5-6-7-9(8)4-2/h3-7H2,1-2H3. The summed E-state index contributed by atoms with van der Waals surface area (Å²) in [5, 5.41) is 0. The van der Waals surface area contributed by atoms with Crippen molar-refractivity contribution in [1.82, 2.24) is 0 Å². The number of rotatable bonds is 5. The molecule has 0 radical (unpaired) electrons. The van der Waals surface area contributed by atoms with Crippen LogP contribution in [-0.2, 0) is 0 Å². The summed E-state index contributed by atoms with van der Waals surface area (Å²) >= 11 is 5.97. The largest absolute Gasteiger partial charge is 0.0964 e. The highest BCUT2D eigenvalue weighted by molar-refractivity contribution is 7.83. The molecule has 0 rings (SSSR count). The first kappa shape index (κ1) is 9.72. The van der Waals surface area contributed by atoms with Gasteiger partial charge in [0.05, 0.1) is 0 Å². The van der Waals surface area contributed by atoms with Crippen LogP contribution in [0.1, 0.15) is 33.1 Å². The van der Waals surface area contributed by atoms with E-state index < -0.39 is 0 Å². The number of hydrogen-bond donors (Lipinski definition) is 0. The van der Waals surface area contributed by atoms with Crippen LogP contribution in [0.3, 0.4) is 0 Å². The topological polar surface area (TPSA) is 0 Å². The van der Waals surface area contributed by atoms with Crippen LogP contribution in [0.4, 0.5) is 0 Å². The molecular weight excluding hydrogens is 151 g/mol. The molecule has 0 spiro atoms. The Morgan fingerprint density at radius 2 is 1.89 bits per heavy atom. The van der Waals surface area contributed by atoms with E-state index >= 15 is 0 Å². The van der Waals surface area contributed by atoms with E-state index in [1.165, 1.54) is 31.6 Å². The second kappa shape index (κ2) is 6.83. The lowest BCUT2D eigenvalue weighted by atomic mass is 10.3. The van der Waals surface area contributed by atoms with Gasteiger partial charge in [0.25, 0.3) is 0 Å². The minimum Gasteiger partial charge on any atom is -0.0964 e. The van der Waals surface area contributed by atoms with Crippen LogP contribution in [0.5, 0.6) is 0 Å². The van der Waals surface area contributed by atoms with E-state index in [1.807, 2.05) is 0 Å². The lowest BCUT2D eigenvalue weighted by molar-refractivity contribution is 0.776. The molecule has 1 atom stereocenters. The molecule has 0 fully saturated rings. The first-order valence-corrected chi connectivity index (χ1v) is 6.33. The van der Waals surface area contributed by atoms with Crippen molar-refractivity contribution in [2.45, 2.75) is 33.1 Å². The van der Waals surface area contributed by atoms with Crippen LogP contribution >= 0.6 is 18.5 Å². The third-order valence-electron chi connectivity index (χ3n) is 1.35. The van der Waals surface area contributed by atoms with Gasteiger partial charge in [0, 0.05) is 0 Å². The van der Waals surface area contributed by atoms with Gasteiger partial charge >= 0.3 is 0 Å². The third kappa shape index (κ3) is 6.61. The fraction of sp³-hybridized carbons (Fsp3) is 1.00. The number of halogens is 1. The summed E-state index contributed by atoms with van der Waals surface area (Å²) in [7, 11) is -0.118. The van der Waals surface area contributed by atoms with E-state index in [9.17, 15) is 0 Å². The first-order chi connectivity index (χ1) is 4.31. The van der Waals surface area contributed by atoms with Crippen LogP contribution < -0.4 is 0 Å². The minimum absolute atomic E-state index is 0.118. The molecule has 2 heteroatoms. The summed E-state index contributed by atoms with van der Waals surface area (Å²) in [5.74, 6) is 0. The molecule has 0 aromatic rings. The molecule has 1 unspecified atom stereocenters. The Hall–Kier alpha value is 0.720. The van der Waals surface area contributed by atoms with Crippen molar-refractivity contribution in [2.75, 3.05) is 12.3 Å². The van der Waals surface area contributed by atoms with Crippen molar-refractivity contribution in [3.05, 3.63) is 0 Å². The van der Waals surface area contributed by atoms with Crippen LogP contribution in [-0.4, -0.2) is 12.3 Å². The monoisotopic (exact) mass is 166 g/mol. The van der Waals surface area contributed by atoms with Crippen molar-refractivity contribution >= 4 is 18.5 Å². The zero-order chi connectivity index (χ0) is 7.11. The Morgan fingerprint density at radius 1 is 1.22 bits per heavy atom. The zero-order valence-corrected chi connectivity index (χ0v) is 8.01. The summed E-state index contributed by atoms with van der Waals surface area (Å²) in [6, 6.07) is 0. The fourth-order valence-corrected chi connectivity index (χ4v) is 1.93. The predicted octanol–water partition coefficient (Wildman–Crippen LogP) is 3.83. The molecule has 0 saturated carbocycles. The predicted molar refractivity (Wildman–Crippen MR) is 47.7 cm³/mol. The van der Waals surface area contributed by atoms with E-state index in [0.29, 0.717) is 0 Å². The maximum Gasteiger partial charge on any atom is -0.0100 e. The average molecular weight is 167 g/mol. The van der Waals surface area contributed by atoms with Gasteiger partial charge in [-0.3, -0.25) is 0 Å². The van der Waals surface area contributed by atoms with Gasteiger partial charge in [0.1, 0.15) is 0 Å². The highest BCUT2D eigenvalue weighted by Gasteiger charge is 1.97. The third-order valence-corrected chi connectivity index (χ3v) is 4.06. The fourth-order valence-electron chi connectivity index (χ4n) is 0.691. The van der Waals surface area contributed by atoms with Gasteiger partial charge in [-0.1, -0.05) is 37.9 Å². The normalized spacial score (nSPS) is 13.7. The van der Waals surface area contributed by atoms with Gasteiger partial charge in [-0.15, -0.1) is 0 Å². The second-order valence-corrected chi connectivity index (χ2v) is 5.65. The zero-order valence-electron chi connectivity index (χ0n) is 6.36. The second-order valence-electron chi connectivity index (χ2n) is 2.21. The smallest absolute Gasteiger partial charge is 0.0100 e. The van der Waals surface area contributed by atoms with Crippen molar-refractivity contribution in [3.63, 3.8) is 0 Å². The molecule has 0 aromatic heterocycles. The lowest BCUT2D eigenvalue weighted by Gasteiger charge is -2.03. The highest BCUT2D eigenvalue weighted by Crippen LogP contribution is 2.41. The molecule has 56 valence electrons. The Labute approximate surface area is 64.5 Å². The summed E-state index contributed by atoms with van der Waals surface area (Å²) in [4.78, 5) is 0. The Kier molecular flexibility index (Phi) is 7.38. The van der Waals surface area contributed by atoms with E-state index in [0.717, 1.165) is 0 Å².